The van der Waals surface area contributed by atoms with E-state index in [-0.39, 0.29) is 17.5 Å². The van der Waals surface area contributed by atoms with Gasteiger partial charge in [0.25, 0.3) is 5.91 Å². The Bertz CT molecular complexity index is 479. The molecule has 0 aromatic heterocycles. The summed E-state index contributed by atoms with van der Waals surface area (Å²) in [4.78, 5) is 14.1. The van der Waals surface area contributed by atoms with Crippen molar-refractivity contribution in [1.82, 2.24) is 4.90 Å². The first-order valence-corrected chi connectivity index (χ1v) is 7.28. The lowest BCUT2D eigenvalue weighted by Crippen LogP contribution is -2.45. The van der Waals surface area contributed by atoms with E-state index in [0.29, 0.717) is 23.5 Å². The summed E-state index contributed by atoms with van der Waals surface area (Å²) in [6.07, 6.45) is 1.95. The van der Waals surface area contributed by atoms with E-state index in [1.165, 1.54) is 12.1 Å². The fourth-order valence-corrected chi connectivity index (χ4v) is 2.82. The van der Waals surface area contributed by atoms with Gasteiger partial charge in [0, 0.05) is 23.6 Å². The van der Waals surface area contributed by atoms with Crippen LogP contribution in [-0.2, 0) is 0 Å². The van der Waals surface area contributed by atoms with E-state index in [1.807, 2.05) is 6.92 Å². The van der Waals surface area contributed by atoms with Gasteiger partial charge in [-0.15, -0.1) is 0 Å². The van der Waals surface area contributed by atoms with Gasteiger partial charge < -0.3 is 10.6 Å². The number of halogens is 2. The Balaban J connectivity index is 2.17. The Kier molecular flexibility index (Phi) is 4.58. The quantitative estimate of drug-likeness (QED) is 0.907. The second-order valence-electron chi connectivity index (χ2n) is 5.14. The molecular weight excluding hydrogens is 311 g/mol. The van der Waals surface area contributed by atoms with Gasteiger partial charge in [0.2, 0.25) is 0 Å². The van der Waals surface area contributed by atoms with Crippen LogP contribution in [0.5, 0.6) is 0 Å². The van der Waals surface area contributed by atoms with Gasteiger partial charge in [-0.25, -0.2) is 4.39 Å². The number of hydrogen-bond acceptors (Lipinski definition) is 2. The molecule has 0 radical (unpaired) electrons. The third-order valence-electron chi connectivity index (χ3n) is 3.65. The summed E-state index contributed by atoms with van der Waals surface area (Å²) in [6.45, 7) is 3.24. The fourth-order valence-electron chi connectivity index (χ4n) is 2.46. The van der Waals surface area contributed by atoms with Crippen molar-refractivity contribution < 1.29 is 9.18 Å². The first-order chi connectivity index (χ1) is 8.99. The largest absolute Gasteiger partial charge is 0.338 e. The highest BCUT2D eigenvalue weighted by atomic mass is 79.9. The Morgan fingerprint density at radius 2 is 2.32 bits per heavy atom. The molecule has 104 valence electrons. The van der Waals surface area contributed by atoms with Crippen LogP contribution in [0.25, 0.3) is 0 Å². The van der Waals surface area contributed by atoms with Gasteiger partial charge in [-0.2, -0.15) is 0 Å². The van der Waals surface area contributed by atoms with E-state index in [4.69, 9.17) is 5.73 Å². The molecule has 2 N–H and O–H groups in total. The molecule has 1 aliphatic heterocycles. The van der Waals surface area contributed by atoms with Crippen molar-refractivity contribution in [2.45, 2.75) is 25.8 Å². The van der Waals surface area contributed by atoms with Crippen LogP contribution >= 0.6 is 15.9 Å². The summed E-state index contributed by atoms with van der Waals surface area (Å²) in [5.74, 6) is -0.423. The number of amides is 1. The van der Waals surface area contributed by atoms with Crippen molar-refractivity contribution in [3.05, 3.63) is 34.1 Å². The number of benzene rings is 1. The maximum absolute atomic E-state index is 13.7. The first kappa shape index (κ1) is 14.5. The van der Waals surface area contributed by atoms with E-state index in [2.05, 4.69) is 15.9 Å². The Morgan fingerprint density at radius 1 is 1.58 bits per heavy atom. The molecule has 0 spiro atoms. The third kappa shape index (κ3) is 3.34. The smallest absolute Gasteiger partial charge is 0.256 e. The number of nitrogens with zero attached hydrogens (tertiary/aromatic N) is 1. The van der Waals surface area contributed by atoms with Crippen LogP contribution < -0.4 is 5.73 Å². The predicted molar refractivity (Wildman–Crippen MR) is 76.4 cm³/mol. The van der Waals surface area contributed by atoms with Crippen molar-refractivity contribution in [2.24, 2.45) is 11.7 Å². The maximum Gasteiger partial charge on any atom is 0.256 e. The Morgan fingerprint density at radius 3 is 3.00 bits per heavy atom. The number of nitrogens with two attached hydrogens (primary N) is 1. The van der Waals surface area contributed by atoms with Crippen LogP contribution in [0.15, 0.2) is 22.7 Å². The van der Waals surface area contributed by atoms with E-state index >= 15 is 0 Å². The molecule has 1 aromatic carbocycles. The lowest BCUT2D eigenvalue weighted by molar-refractivity contribution is 0.0656. The summed E-state index contributed by atoms with van der Waals surface area (Å²) in [6, 6.07) is 4.49. The molecule has 2 rings (SSSR count). The van der Waals surface area contributed by atoms with Crippen LogP contribution in [0.1, 0.15) is 30.1 Å². The summed E-state index contributed by atoms with van der Waals surface area (Å²) in [7, 11) is 0. The molecule has 1 amide bonds. The van der Waals surface area contributed by atoms with Crippen molar-refractivity contribution in [1.29, 1.82) is 0 Å². The number of rotatable bonds is 2. The second kappa shape index (κ2) is 6.01. The summed E-state index contributed by atoms with van der Waals surface area (Å²) in [5.41, 5.74) is 6.03. The van der Waals surface area contributed by atoms with Crippen molar-refractivity contribution in [3.63, 3.8) is 0 Å². The van der Waals surface area contributed by atoms with E-state index < -0.39 is 5.82 Å². The van der Waals surface area contributed by atoms with Crippen molar-refractivity contribution in [2.75, 3.05) is 13.1 Å². The zero-order valence-electron chi connectivity index (χ0n) is 10.9. The molecule has 5 heteroatoms. The Labute approximate surface area is 121 Å². The van der Waals surface area contributed by atoms with Crippen LogP contribution in [0, 0.1) is 11.7 Å². The number of likely N-dealkylation sites (tertiary alicyclic amines) is 1. The molecule has 0 saturated carbocycles. The van der Waals surface area contributed by atoms with Crippen molar-refractivity contribution in [3.8, 4) is 0 Å². The molecule has 0 bridgehead atoms. The molecular formula is C14H18BrFN2O. The minimum atomic E-state index is -0.476. The second-order valence-corrected chi connectivity index (χ2v) is 6.05. The summed E-state index contributed by atoms with van der Waals surface area (Å²) >= 11 is 3.27. The third-order valence-corrected chi connectivity index (χ3v) is 4.14. The number of piperidine rings is 1. The first-order valence-electron chi connectivity index (χ1n) is 6.49. The van der Waals surface area contributed by atoms with E-state index in [1.54, 1.807) is 11.0 Å². The molecule has 1 aliphatic rings. The summed E-state index contributed by atoms with van der Waals surface area (Å²) < 4.78 is 14.4. The zero-order chi connectivity index (χ0) is 14.0. The van der Waals surface area contributed by atoms with Crippen LogP contribution in [-0.4, -0.2) is 29.9 Å². The maximum atomic E-state index is 13.7. The molecule has 1 heterocycles. The Hall–Kier alpha value is -0.940. The SMILES string of the molecule is CC(N)C1CCCN(C(=O)c2cc(Br)ccc2F)C1. The van der Waals surface area contributed by atoms with Gasteiger partial charge in [0.1, 0.15) is 5.82 Å². The van der Waals surface area contributed by atoms with Gasteiger partial charge in [-0.3, -0.25) is 4.79 Å². The van der Waals surface area contributed by atoms with E-state index in [0.717, 1.165) is 12.8 Å². The molecule has 3 nitrogen and oxygen atoms in total. The highest BCUT2D eigenvalue weighted by molar-refractivity contribution is 9.10. The molecule has 2 atom stereocenters. The van der Waals surface area contributed by atoms with Crippen molar-refractivity contribution >= 4 is 21.8 Å². The highest BCUT2D eigenvalue weighted by Crippen LogP contribution is 2.23. The zero-order valence-corrected chi connectivity index (χ0v) is 12.5. The average molecular weight is 329 g/mol. The van der Waals surface area contributed by atoms with Gasteiger partial charge >= 0.3 is 0 Å². The number of carbonyl (C=O) groups excluding carboxylic acids is 1. The highest BCUT2D eigenvalue weighted by Gasteiger charge is 2.27. The molecule has 2 unspecified atom stereocenters. The monoisotopic (exact) mass is 328 g/mol. The lowest BCUT2D eigenvalue weighted by atomic mass is 9.92. The summed E-state index contributed by atoms with van der Waals surface area (Å²) in [5, 5.41) is 0. The number of carbonyl (C=O) groups is 1. The van der Waals surface area contributed by atoms with Gasteiger partial charge in [-0.05, 0) is 43.9 Å². The van der Waals surface area contributed by atoms with Crippen LogP contribution in [0.2, 0.25) is 0 Å². The normalized spacial score (nSPS) is 21.3. The molecule has 1 saturated heterocycles. The lowest BCUT2D eigenvalue weighted by Gasteiger charge is -2.34. The van der Waals surface area contributed by atoms with E-state index in [9.17, 15) is 9.18 Å². The molecule has 19 heavy (non-hydrogen) atoms. The van der Waals surface area contributed by atoms with Gasteiger partial charge in [-0.1, -0.05) is 15.9 Å². The fraction of sp³-hybridized carbons (Fsp3) is 0.500. The predicted octanol–water partition coefficient (Wildman–Crippen LogP) is 2.79. The topological polar surface area (TPSA) is 46.3 Å². The molecule has 1 aromatic rings. The minimum absolute atomic E-state index is 0.0583. The van der Waals surface area contributed by atoms with Gasteiger partial charge in [0.15, 0.2) is 0 Å². The van der Waals surface area contributed by atoms with Crippen LogP contribution in [0.3, 0.4) is 0 Å². The molecule has 0 aliphatic carbocycles. The van der Waals surface area contributed by atoms with Gasteiger partial charge in [0.05, 0.1) is 5.56 Å². The number of hydrogen-bond donors (Lipinski definition) is 1. The molecule has 1 fully saturated rings. The minimum Gasteiger partial charge on any atom is -0.338 e. The van der Waals surface area contributed by atoms with Crippen LogP contribution in [0.4, 0.5) is 4.39 Å². The standard InChI is InChI=1S/C14H18BrFN2O/c1-9(17)10-3-2-6-18(8-10)14(19)12-7-11(15)4-5-13(12)16/h4-5,7,9-10H,2-3,6,8,17H2,1H3. The average Bonchev–Trinajstić information content (AvgIpc) is 2.41.